The summed E-state index contributed by atoms with van der Waals surface area (Å²) in [4.78, 5) is 23.5. The molecule has 0 bridgehead atoms. The fourth-order valence-electron chi connectivity index (χ4n) is 1.93. The maximum atomic E-state index is 13.0. The van der Waals surface area contributed by atoms with E-state index in [2.05, 4.69) is 5.32 Å². The number of benzene rings is 2. The molecule has 0 saturated carbocycles. The zero-order valence-electron chi connectivity index (χ0n) is 12.8. The van der Waals surface area contributed by atoms with Crippen molar-refractivity contribution in [2.45, 2.75) is 6.54 Å². The Hall–Kier alpha value is -2.60. The van der Waals surface area contributed by atoms with Gasteiger partial charge in [-0.1, -0.05) is 29.8 Å². The predicted molar refractivity (Wildman–Crippen MR) is 86.5 cm³/mol. The molecule has 0 heterocycles. The Morgan fingerprint density at radius 1 is 1.21 bits per heavy atom. The van der Waals surface area contributed by atoms with Gasteiger partial charge in [0.25, 0.3) is 5.91 Å². The van der Waals surface area contributed by atoms with E-state index >= 15 is 0 Å². The van der Waals surface area contributed by atoms with Crippen molar-refractivity contribution in [3.05, 3.63) is 64.4 Å². The number of carbonyl (C=O) groups is 2. The van der Waals surface area contributed by atoms with E-state index in [1.807, 2.05) is 18.2 Å². The molecule has 0 saturated heterocycles. The third kappa shape index (κ3) is 4.70. The Morgan fingerprint density at radius 2 is 1.96 bits per heavy atom. The van der Waals surface area contributed by atoms with Crippen molar-refractivity contribution < 1.29 is 23.5 Å². The summed E-state index contributed by atoms with van der Waals surface area (Å²) >= 11 is 5.59. The second-order valence-electron chi connectivity index (χ2n) is 4.79. The van der Waals surface area contributed by atoms with Gasteiger partial charge in [0, 0.05) is 12.1 Å². The van der Waals surface area contributed by atoms with Crippen molar-refractivity contribution in [2.24, 2.45) is 0 Å². The van der Waals surface area contributed by atoms with Crippen molar-refractivity contribution in [3.63, 3.8) is 0 Å². The lowest BCUT2D eigenvalue weighted by atomic mass is 10.2. The summed E-state index contributed by atoms with van der Waals surface area (Å²) in [6.45, 7) is -0.217. The van der Waals surface area contributed by atoms with E-state index in [1.165, 1.54) is 13.2 Å². The van der Waals surface area contributed by atoms with Crippen LogP contribution in [0.5, 0.6) is 5.75 Å². The van der Waals surface area contributed by atoms with Crippen molar-refractivity contribution in [2.75, 3.05) is 13.7 Å². The summed E-state index contributed by atoms with van der Waals surface area (Å²) in [5.41, 5.74) is 0.865. The maximum Gasteiger partial charge on any atom is 0.338 e. The number of para-hydroxylation sites is 1. The lowest BCUT2D eigenvalue weighted by molar-refractivity contribution is -0.124. The molecule has 7 heteroatoms. The molecule has 0 aliphatic carbocycles. The van der Waals surface area contributed by atoms with Crippen LogP contribution >= 0.6 is 11.6 Å². The van der Waals surface area contributed by atoms with Crippen molar-refractivity contribution in [1.82, 2.24) is 5.32 Å². The highest BCUT2D eigenvalue weighted by atomic mass is 35.5. The van der Waals surface area contributed by atoms with Gasteiger partial charge in [-0.05, 0) is 24.3 Å². The van der Waals surface area contributed by atoms with Crippen LogP contribution in [0.2, 0.25) is 5.02 Å². The second-order valence-corrected chi connectivity index (χ2v) is 5.20. The first-order valence-corrected chi connectivity index (χ1v) is 7.40. The number of esters is 1. The Balaban J connectivity index is 1.84. The van der Waals surface area contributed by atoms with Crippen LogP contribution in [0, 0.1) is 5.82 Å². The standard InChI is InChI=1S/C17H15ClFNO4/c1-23-15-5-3-2-4-12(15)9-20-16(21)10-24-17(22)11-6-7-14(19)13(18)8-11/h2-8H,9-10H2,1H3,(H,20,21). The first-order chi connectivity index (χ1) is 11.5. The third-order valence-electron chi connectivity index (χ3n) is 3.16. The molecule has 2 rings (SSSR count). The molecule has 0 atom stereocenters. The number of amides is 1. The first kappa shape index (κ1) is 17.7. The zero-order chi connectivity index (χ0) is 17.5. The normalized spacial score (nSPS) is 10.1. The average Bonchev–Trinajstić information content (AvgIpc) is 2.60. The molecule has 2 aromatic rings. The van der Waals surface area contributed by atoms with Gasteiger partial charge in [0.15, 0.2) is 6.61 Å². The van der Waals surface area contributed by atoms with Crippen LogP contribution in [0.3, 0.4) is 0 Å². The fourth-order valence-corrected chi connectivity index (χ4v) is 2.11. The molecule has 0 aliphatic heterocycles. The molecule has 0 unspecified atom stereocenters. The third-order valence-corrected chi connectivity index (χ3v) is 3.45. The number of carbonyl (C=O) groups excluding carboxylic acids is 2. The Labute approximate surface area is 143 Å². The number of hydrogen-bond acceptors (Lipinski definition) is 4. The van der Waals surface area contributed by atoms with Crippen LogP contribution in [0.4, 0.5) is 4.39 Å². The first-order valence-electron chi connectivity index (χ1n) is 7.02. The van der Waals surface area contributed by atoms with Gasteiger partial charge in [0.1, 0.15) is 11.6 Å². The molecule has 0 fully saturated rings. The number of nitrogens with one attached hydrogen (secondary N) is 1. The summed E-state index contributed by atoms with van der Waals surface area (Å²) in [6, 6.07) is 10.7. The summed E-state index contributed by atoms with van der Waals surface area (Å²) in [7, 11) is 1.54. The molecular weight excluding hydrogens is 337 g/mol. The van der Waals surface area contributed by atoms with E-state index in [1.54, 1.807) is 6.07 Å². The second kappa shape index (κ2) is 8.31. The van der Waals surface area contributed by atoms with Gasteiger partial charge in [0.05, 0.1) is 17.7 Å². The van der Waals surface area contributed by atoms with Gasteiger partial charge in [-0.15, -0.1) is 0 Å². The highest BCUT2D eigenvalue weighted by Gasteiger charge is 2.12. The smallest absolute Gasteiger partial charge is 0.338 e. The summed E-state index contributed by atoms with van der Waals surface area (Å²) in [5.74, 6) is -1.22. The molecule has 126 valence electrons. The highest BCUT2D eigenvalue weighted by Crippen LogP contribution is 2.17. The molecule has 24 heavy (non-hydrogen) atoms. The van der Waals surface area contributed by atoms with Gasteiger partial charge in [-0.2, -0.15) is 0 Å². The summed E-state index contributed by atoms with van der Waals surface area (Å²) < 4.78 is 23.1. The lowest BCUT2D eigenvalue weighted by Gasteiger charge is -2.10. The lowest BCUT2D eigenvalue weighted by Crippen LogP contribution is -2.28. The van der Waals surface area contributed by atoms with Gasteiger partial charge in [-0.25, -0.2) is 9.18 Å². The molecule has 2 aromatic carbocycles. The number of hydrogen-bond donors (Lipinski definition) is 1. The predicted octanol–water partition coefficient (Wildman–Crippen LogP) is 2.96. The average molecular weight is 352 g/mol. The largest absolute Gasteiger partial charge is 0.496 e. The van der Waals surface area contributed by atoms with E-state index in [9.17, 15) is 14.0 Å². The van der Waals surface area contributed by atoms with Gasteiger partial charge >= 0.3 is 5.97 Å². The van der Waals surface area contributed by atoms with Crippen LogP contribution in [0.1, 0.15) is 15.9 Å². The number of methoxy groups -OCH3 is 1. The number of ether oxygens (including phenoxy) is 2. The van der Waals surface area contributed by atoms with Crippen molar-refractivity contribution in [3.8, 4) is 5.75 Å². The molecule has 1 N–H and O–H groups in total. The molecule has 1 amide bonds. The SMILES string of the molecule is COc1ccccc1CNC(=O)COC(=O)c1ccc(F)c(Cl)c1. The number of rotatable bonds is 6. The Morgan fingerprint density at radius 3 is 2.67 bits per heavy atom. The molecule has 0 aliphatic rings. The maximum absolute atomic E-state index is 13.0. The minimum atomic E-state index is -0.760. The summed E-state index contributed by atoms with van der Waals surface area (Å²) in [5, 5.41) is 2.43. The van der Waals surface area contributed by atoms with Gasteiger partial charge in [-0.3, -0.25) is 4.79 Å². The molecule has 0 spiro atoms. The van der Waals surface area contributed by atoms with Crippen LogP contribution in [-0.2, 0) is 16.1 Å². The van der Waals surface area contributed by atoms with Crippen molar-refractivity contribution >= 4 is 23.5 Å². The van der Waals surface area contributed by atoms with E-state index in [-0.39, 0.29) is 17.1 Å². The highest BCUT2D eigenvalue weighted by molar-refractivity contribution is 6.31. The topological polar surface area (TPSA) is 64.6 Å². The minimum Gasteiger partial charge on any atom is -0.496 e. The van der Waals surface area contributed by atoms with E-state index in [0.29, 0.717) is 5.75 Å². The zero-order valence-corrected chi connectivity index (χ0v) is 13.6. The van der Waals surface area contributed by atoms with Crippen LogP contribution < -0.4 is 10.1 Å². The molecule has 5 nitrogen and oxygen atoms in total. The molecule has 0 radical (unpaired) electrons. The van der Waals surface area contributed by atoms with E-state index in [4.69, 9.17) is 21.1 Å². The van der Waals surface area contributed by atoms with Gasteiger partial charge in [0.2, 0.25) is 0 Å². The van der Waals surface area contributed by atoms with Crippen LogP contribution in [0.25, 0.3) is 0 Å². The van der Waals surface area contributed by atoms with Crippen molar-refractivity contribution in [1.29, 1.82) is 0 Å². The monoisotopic (exact) mass is 351 g/mol. The number of halogens is 2. The molecular formula is C17H15ClFNO4. The molecule has 0 aromatic heterocycles. The van der Waals surface area contributed by atoms with Crippen LogP contribution in [0.15, 0.2) is 42.5 Å². The fraction of sp³-hybridized carbons (Fsp3) is 0.176. The Bertz CT molecular complexity index is 751. The Kier molecular flexibility index (Phi) is 6.14. The quantitative estimate of drug-likeness (QED) is 0.813. The minimum absolute atomic E-state index is 0.0685. The van der Waals surface area contributed by atoms with E-state index < -0.39 is 24.3 Å². The summed E-state index contributed by atoms with van der Waals surface area (Å²) in [6.07, 6.45) is 0. The van der Waals surface area contributed by atoms with E-state index in [0.717, 1.165) is 17.7 Å². The van der Waals surface area contributed by atoms with Gasteiger partial charge < -0.3 is 14.8 Å². The van der Waals surface area contributed by atoms with Crippen LogP contribution in [-0.4, -0.2) is 25.6 Å².